The maximum absolute atomic E-state index is 12.6. The number of likely N-dealkylation sites (tertiary alicyclic amines) is 1. The van der Waals surface area contributed by atoms with Gasteiger partial charge in [0.2, 0.25) is 5.91 Å². The van der Waals surface area contributed by atoms with Crippen molar-refractivity contribution in [1.82, 2.24) is 9.47 Å². The number of rotatable bonds is 3. The molecule has 5 nitrogen and oxygen atoms in total. The molecule has 1 aromatic heterocycles. The van der Waals surface area contributed by atoms with E-state index in [4.69, 9.17) is 35.4 Å². The van der Waals surface area contributed by atoms with Crippen molar-refractivity contribution < 1.29 is 4.79 Å². The molecule has 2 bridgehead atoms. The lowest BCUT2D eigenvalue weighted by Gasteiger charge is -2.43. The second kappa shape index (κ2) is 8.91. The maximum Gasteiger partial charge on any atom is 0.250 e. The van der Waals surface area contributed by atoms with Gasteiger partial charge in [0.1, 0.15) is 4.32 Å². The monoisotopic (exact) mass is 481 g/mol. The molecule has 1 amide bonds. The van der Waals surface area contributed by atoms with Gasteiger partial charge in [-0.05, 0) is 43.5 Å². The van der Waals surface area contributed by atoms with Crippen LogP contribution < -0.4 is 10.9 Å². The highest BCUT2D eigenvalue weighted by Crippen LogP contribution is 2.36. The van der Waals surface area contributed by atoms with Gasteiger partial charge in [0, 0.05) is 42.3 Å². The van der Waals surface area contributed by atoms with Gasteiger partial charge in [-0.1, -0.05) is 53.2 Å². The minimum absolute atomic E-state index is 0.0683. The number of benzene rings is 1. The first-order chi connectivity index (χ1) is 14.3. The molecule has 9 heteroatoms. The normalized spacial score (nSPS) is 21.0. The Balaban J connectivity index is 1.39. The fourth-order valence-corrected chi connectivity index (χ4v) is 5.95. The van der Waals surface area contributed by atoms with E-state index >= 15 is 0 Å². The molecule has 158 valence electrons. The summed E-state index contributed by atoms with van der Waals surface area (Å²) in [6.45, 7) is 4.12. The number of thiocarbonyl (C=S) groups is 1. The van der Waals surface area contributed by atoms with Crippen molar-refractivity contribution >= 4 is 63.1 Å². The summed E-state index contributed by atoms with van der Waals surface area (Å²) in [5, 5.41) is 3.38. The van der Waals surface area contributed by atoms with Crippen LogP contribution in [-0.4, -0.2) is 38.0 Å². The number of fused-ring (bicyclic) bond motifs is 4. The zero-order chi connectivity index (χ0) is 21.4. The summed E-state index contributed by atoms with van der Waals surface area (Å²) in [7, 11) is 0. The van der Waals surface area contributed by atoms with Crippen molar-refractivity contribution in [3.8, 4) is 0 Å². The van der Waals surface area contributed by atoms with Crippen molar-refractivity contribution in [3.63, 3.8) is 0 Å². The van der Waals surface area contributed by atoms with E-state index < -0.39 is 0 Å². The van der Waals surface area contributed by atoms with Crippen molar-refractivity contribution in [2.24, 2.45) is 5.92 Å². The van der Waals surface area contributed by atoms with E-state index in [1.165, 1.54) is 11.8 Å². The van der Waals surface area contributed by atoms with Gasteiger partial charge < -0.3 is 14.8 Å². The van der Waals surface area contributed by atoms with Crippen molar-refractivity contribution in [2.75, 3.05) is 18.4 Å². The fourth-order valence-electron chi connectivity index (χ4n) is 4.15. The highest BCUT2D eigenvalue weighted by molar-refractivity contribution is 8.23. The Morgan fingerprint density at radius 1 is 1.23 bits per heavy atom. The van der Waals surface area contributed by atoms with E-state index in [-0.39, 0.29) is 22.6 Å². The van der Waals surface area contributed by atoms with Crippen molar-refractivity contribution in [2.45, 2.75) is 31.1 Å². The number of thioether (sulfide) groups is 1. The Bertz CT molecular complexity index is 1060. The molecule has 30 heavy (non-hydrogen) atoms. The highest BCUT2D eigenvalue weighted by Gasteiger charge is 2.35. The molecule has 0 unspecified atom stereocenters. The lowest BCUT2D eigenvalue weighted by molar-refractivity contribution is -0.115. The van der Waals surface area contributed by atoms with E-state index in [0.717, 1.165) is 31.7 Å². The summed E-state index contributed by atoms with van der Waals surface area (Å²) in [6.07, 6.45) is 1.07. The number of hydrogen-bond donors (Lipinski definition) is 1. The van der Waals surface area contributed by atoms with Gasteiger partial charge in [-0.2, -0.15) is 0 Å². The van der Waals surface area contributed by atoms with Gasteiger partial charge in [0.15, 0.2) is 0 Å². The first-order valence-electron chi connectivity index (χ1n) is 9.73. The molecular weight excluding hydrogens is 461 g/mol. The Morgan fingerprint density at radius 3 is 2.80 bits per heavy atom. The Labute approximate surface area is 194 Å². The summed E-state index contributed by atoms with van der Waals surface area (Å²) in [4.78, 5) is 27.0. The van der Waals surface area contributed by atoms with Gasteiger partial charge in [-0.3, -0.25) is 9.59 Å². The van der Waals surface area contributed by atoms with Crippen LogP contribution in [0.4, 0.5) is 5.69 Å². The SMILES string of the molecule is C[C@@H](SC(=S)N1C[C@H]2C[C@@H](C1)c1cccc(=O)n1C2)C(=O)Nc1ccc(Cl)cc1Cl. The highest BCUT2D eigenvalue weighted by atomic mass is 35.5. The average Bonchev–Trinajstić information content (AvgIpc) is 2.70. The van der Waals surface area contributed by atoms with Crippen LogP contribution in [0.3, 0.4) is 0 Å². The molecule has 0 saturated carbocycles. The summed E-state index contributed by atoms with van der Waals surface area (Å²) < 4.78 is 2.61. The molecule has 0 radical (unpaired) electrons. The number of nitrogens with one attached hydrogen (secondary N) is 1. The standard InChI is InChI=1S/C21H21Cl2N3O2S2/c1-12(20(28)24-17-6-5-15(22)8-16(17)23)30-21(29)25-9-13-7-14(11-25)18-3-2-4-19(27)26(18)10-13/h2-6,8,12-14H,7,9-11H2,1H3,(H,24,28)/t12-,13-,14+/m1/s1. The molecule has 0 aliphatic carbocycles. The third-order valence-corrected chi connectivity index (χ3v) is 7.70. The van der Waals surface area contributed by atoms with Crippen LogP contribution in [0.2, 0.25) is 10.0 Å². The van der Waals surface area contributed by atoms with E-state index in [1.807, 2.05) is 23.6 Å². The predicted molar refractivity (Wildman–Crippen MR) is 128 cm³/mol. The number of piperidine rings is 1. The molecule has 2 aromatic rings. The van der Waals surface area contributed by atoms with Crippen LogP contribution in [0.25, 0.3) is 0 Å². The molecule has 3 heterocycles. The summed E-state index contributed by atoms with van der Waals surface area (Å²) in [5.41, 5.74) is 1.68. The Hall–Kier alpha value is -1.54. The van der Waals surface area contributed by atoms with E-state index in [9.17, 15) is 9.59 Å². The van der Waals surface area contributed by atoms with Crippen molar-refractivity contribution in [1.29, 1.82) is 0 Å². The van der Waals surface area contributed by atoms with Gasteiger partial charge in [-0.25, -0.2) is 0 Å². The van der Waals surface area contributed by atoms with Crippen LogP contribution in [0.5, 0.6) is 0 Å². The molecule has 1 N–H and O–H groups in total. The molecule has 4 rings (SSSR count). The molecule has 0 spiro atoms. The zero-order valence-electron chi connectivity index (χ0n) is 16.3. The quantitative estimate of drug-likeness (QED) is 0.648. The van der Waals surface area contributed by atoms with E-state index in [0.29, 0.717) is 26.0 Å². The van der Waals surface area contributed by atoms with E-state index in [2.05, 4.69) is 10.2 Å². The first-order valence-corrected chi connectivity index (χ1v) is 11.8. The van der Waals surface area contributed by atoms with Gasteiger partial charge >= 0.3 is 0 Å². The molecular formula is C21H21Cl2N3O2S2. The Kier molecular flexibility index (Phi) is 6.44. The lowest BCUT2D eigenvalue weighted by atomic mass is 9.83. The third kappa shape index (κ3) is 4.54. The van der Waals surface area contributed by atoms with Crippen molar-refractivity contribution in [3.05, 3.63) is 62.5 Å². The molecule has 1 aromatic carbocycles. The first kappa shape index (κ1) is 21.7. The fraction of sp³-hybridized carbons (Fsp3) is 0.381. The molecule has 2 aliphatic heterocycles. The van der Waals surface area contributed by atoms with Crippen LogP contribution in [0, 0.1) is 5.92 Å². The van der Waals surface area contributed by atoms with Gasteiger partial charge in [0.25, 0.3) is 5.56 Å². The van der Waals surface area contributed by atoms with Crippen LogP contribution in [-0.2, 0) is 11.3 Å². The summed E-state index contributed by atoms with van der Waals surface area (Å²) in [5.74, 6) is 0.495. The number of halogens is 2. The average molecular weight is 482 g/mol. The van der Waals surface area contributed by atoms with Gasteiger partial charge in [-0.15, -0.1) is 0 Å². The number of carbonyl (C=O) groups excluding carboxylic acids is 1. The van der Waals surface area contributed by atoms with Crippen LogP contribution in [0.1, 0.15) is 25.0 Å². The number of amides is 1. The molecule has 1 fully saturated rings. The smallest absolute Gasteiger partial charge is 0.250 e. The largest absolute Gasteiger partial charge is 0.356 e. The van der Waals surface area contributed by atoms with E-state index in [1.54, 1.807) is 24.3 Å². The number of aromatic nitrogens is 1. The zero-order valence-corrected chi connectivity index (χ0v) is 19.5. The minimum atomic E-state index is -0.374. The number of pyridine rings is 1. The van der Waals surface area contributed by atoms with Crippen LogP contribution in [0.15, 0.2) is 41.2 Å². The molecule has 1 saturated heterocycles. The third-order valence-electron chi connectivity index (χ3n) is 5.57. The summed E-state index contributed by atoms with van der Waals surface area (Å²) >= 11 is 19.1. The predicted octanol–water partition coefficient (Wildman–Crippen LogP) is 4.62. The molecule has 2 aliphatic rings. The lowest BCUT2D eigenvalue weighted by Crippen LogP contribution is -2.48. The number of hydrogen-bond acceptors (Lipinski definition) is 4. The van der Waals surface area contributed by atoms with Crippen LogP contribution >= 0.6 is 47.2 Å². The second-order valence-corrected chi connectivity index (χ2v) is 10.6. The molecule has 3 atom stereocenters. The number of nitrogens with zero attached hydrogens (tertiary/aromatic N) is 2. The Morgan fingerprint density at radius 2 is 2.03 bits per heavy atom. The topological polar surface area (TPSA) is 54.3 Å². The number of carbonyl (C=O) groups is 1. The summed E-state index contributed by atoms with van der Waals surface area (Å²) in [6, 6.07) is 10.4. The number of anilines is 1. The van der Waals surface area contributed by atoms with Gasteiger partial charge in [0.05, 0.1) is 16.0 Å². The minimum Gasteiger partial charge on any atom is -0.356 e. The maximum atomic E-state index is 12.6. The second-order valence-electron chi connectivity index (χ2n) is 7.74.